The molecule has 0 aliphatic carbocycles. The Morgan fingerprint density at radius 1 is 1.06 bits per heavy atom. The van der Waals surface area contributed by atoms with Gasteiger partial charge >= 0.3 is 0 Å². The molecular formula is C22H30N2O6S2. The number of carbonyl (C=O) groups excluding carboxylic acids is 1. The fourth-order valence-electron chi connectivity index (χ4n) is 3.66. The molecule has 3 rings (SSSR count). The summed E-state index contributed by atoms with van der Waals surface area (Å²) in [6.45, 7) is 6.29. The molecule has 1 aromatic heterocycles. The van der Waals surface area contributed by atoms with Crippen LogP contribution < -0.4 is 4.72 Å². The van der Waals surface area contributed by atoms with Gasteiger partial charge in [0.15, 0.2) is 9.84 Å². The fourth-order valence-corrected chi connectivity index (χ4v) is 6.36. The van der Waals surface area contributed by atoms with Crippen LogP contribution in [0.5, 0.6) is 0 Å². The van der Waals surface area contributed by atoms with E-state index < -0.39 is 25.1 Å². The van der Waals surface area contributed by atoms with Gasteiger partial charge in [0.05, 0.1) is 23.0 Å². The quantitative estimate of drug-likeness (QED) is 0.649. The van der Waals surface area contributed by atoms with Crippen LogP contribution in [0, 0.1) is 0 Å². The minimum Gasteiger partial charge on any atom is -0.468 e. The number of piperidine rings is 1. The predicted molar refractivity (Wildman–Crippen MR) is 121 cm³/mol. The van der Waals surface area contributed by atoms with E-state index in [0.717, 1.165) is 5.56 Å². The highest BCUT2D eigenvalue weighted by atomic mass is 32.2. The first kappa shape index (κ1) is 24.5. The molecule has 2 aromatic rings. The Balaban J connectivity index is 1.52. The van der Waals surface area contributed by atoms with Crippen molar-refractivity contribution in [3.8, 4) is 0 Å². The summed E-state index contributed by atoms with van der Waals surface area (Å²) in [5.74, 6) is -0.137. The first-order valence-electron chi connectivity index (χ1n) is 10.5. The summed E-state index contributed by atoms with van der Waals surface area (Å²) >= 11 is 0. The Kier molecular flexibility index (Phi) is 7.16. The molecule has 32 heavy (non-hydrogen) atoms. The summed E-state index contributed by atoms with van der Waals surface area (Å²) in [6, 6.07) is 9.87. The standard InChI is InChI=1S/C22H30N2O6S2/c1-22(2,3)17-6-8-20(9-7-17)32(28,29)23-15-21(25)24-12-10-19(11-13-24)31(26,27)16-18-5-4-14-30-18/h4-9,14,19,23H,10-13,15-16H2,1-3H3. The first-order valence-corrected chi connectivity index (χ1v) is 13.7. The maximum Gasteiger partial charge on any atom is 0.241 e. The minimum absolute atomic E-state index is 0.0940. The molecule has 10 heteroatoms. The highest BCUT2D eigenvalue weighted by molar-refractivity contribution is 7.91. The van der Waals surface area contributed by atoms with Crippen molar-refractivity contribution in [3.63, 3.8) is 0 Å². The van der Waals surface area contributed by atoms with Crippen LogP contribution in [0.4, 0.5) is 0 Å². The highest BCUT2D eigenvalue weighted by Gasteiger charge is 2.32. The molecule has 0 saturated carbocycles. The smallest absolute Gasteiger partial charge is 0.241 e. The zero-order valence-electron chi connectivity index (χ0n) is 18.6. The molecule has 0 bridgehead atoms. The van der Waals surface area contributed by atoms with Crippen molar-refractivity contribution in [2.45, 2.75) is 54.9 Å². The van der Waals surface area contributed by atoms with Gasteiger partial charge in [0, 0.05) is 13.1 Å². The molecule has 1 aromatic carbocycles. The summed E-state index contributed by atoms with van der Waals surface area (Å²) in [7, 11) is -7.21. The van der Waals surface area contributed by atoms with Crippen LogP contribution in [-0.4, -0.2) is 52.5 Å². The van der Waals surface area contributed by atoms with Crippen LogP contribution in [0.25, 0.3) is 0 Å². The Morgan fingerprint density at radius 3 is 2.22 bits per heavy atom. The molecule has 1 aliphatic heterocycles. The Morgan fingerprint density at radius 2 is 1.69 bits per heavy atom. The highest BCUT2D eigenvalue weighted by Crippen LogP contribution is 2.24. The average Bonchev–Trinajstić information content (AvgIpc) is 3.24. The van der Waals surface area contributed by atoms with Crippen molar-refractivity contribution >= 4 is 25.8 Å². The van der Waals surface area contributed by atoms with Crippen molar-refractivity contribution in [2.24, 2.45) is 0 Å². The van der Waals surface area contributed by atoms with E-state index in [0.29, 0.717) is 18.6 Å². The lowest BCUT2D eigenvalue weighted by atomic mass is 9.87. The largest absolute Gasteiger partial charge is 0.468 e. The zero-order chi connectivity index (χ0) is 23.6. The molecule has 1 aliphatic rings. The van der Waals surface area contributed by atoms with E-state index in [2.05, 4.69) is 4.72 Å². The lowest BCUT2D eigenvalue weighted by molar-refractivity contribution is -0.130. The Bertz CT molecular complexity index is 1120. The Hall–Kier alpha value is -2.17. The SMILES string of the molecule is CC(C)(C)c1ccc(S(=O)(=O)NCC(=O)N2CCC(S(=O)(=O)Cc3ccco3)CC2)cc1. The number of furan rings is 1. The van der Waals surface area contributed by atoms with E-state index in [1.807, 2.05) is 20.8 Å². The molecular weight excluding hydrogens is 452 g/mol. The zero-order valence-corrected chi connectivity index (χ0v) is 20.2. The predicted octanol–water partition coefficient (Wildman–Crippen LogP) is 2.46. The molecule has 8 nitrogen and oxygen atoms in total. The van der Waals surface area contributed by atoms with Gasteiger partial charge in [-0.3, -0.25) is 4.79 Å². The van der Waals surface area contributed by atoms with E-state index in [9.17, 15) is 21.6 Å². The first-order chi connectivity index (χ1) is 14.9. The fraction of sp³-hybridized carbons (Fsp3) is 0.500. The summed E-state index contributed by atoms with van der Waals surface area (Å²) in [4.78, 5) is 14.1. The van der Waals surface area contributed by atoms with Crippen LogP contribution in [0.3, 0.4) is 0 Å². The second kappa shape index (κ2) is 9.36. The molecule has 1 fully saturated rings. The topological polar surface area (TPSA) is 114 Å². The summed E-state index contributed by atoms with van der Waals surface area (Å²) in [5.41, 5.74) is 0.917. The maximum absolute atomic E-state index is 12.6. The van der Waals surface area contributed by atoms with E-state index in [1.165, 1.54) is 23.3 Å². The maximum atomic E-state index is 12.6. The third-order valence-electron chi connectivity index (χ3n) is 5.67. The van der Waals surface area contributed by atoms with Crippen LogP contribution in [0.2, 0.25) is 0 Å². The van der Waals surface area contributed by atoms with Crippen molar-refractivity contribution in [2.75, 3.05) is 19.6 Å². The number of sulfonamides is 1. The second-order valence-corrected chi connectivity index (χ2v) is 13.1. The molecule has 0 spiro atoms. The summed E-state index contributed by atoms with van der Waals surface area (Å²) in [6.07, 6.45) is 2.07. The molecule has 176 valence electrons. The number of nitrogens with one attached hydrogen (secondary N) is 1. The Labute approximate surface area is 190 Å². The molecule has 1 N–H and O–H groups in total. The molecule has 1 saturated heterocycles. The number of carbonyl (C=O) groups is 1. The summed E-state index contributed by atoms with van der Waals surface area (Å²) < 4.78 is 57.7. The van der Waals surface area contributed by atoms with Crippen LogP contribution in [0.15, 0.2) is 52.0 Å². The van der Waals surface area contributed by atoms with Crippen LogP contribution >= 0.6 is 0 Å². The third kappa shape index (κ3) is 5.99. The summed E-state index contributed by atoms with van der Waals surface area (Å²) in [5, 5.41) is -0.547. The number of rotatable bonds is 7. The third-order valence-corrected chi connectivity index (χ3v) is 9.26. The van der Waals surface area contributed by atoms with Gasteiger partial charge in [-0.1, -0.05) is 32.9 Å². The second-order valence-electron chi connectivity index (χ2n) is 9.07. The average molecular weight is 483 g/mol. The normalized spacial score (nSPS) is 16.3. The monoisotopic (exact) mass is 482 g/mol. The molecule has 1 amide bonds. The minimum atomic E-state index is -3.82. The molecule has 0 radical (unpaired) electrons. The number of amides is 1. The number of benzene rings is 1. The van der Waals surface area contributed by atoms with E-state index >= 15 is 0 Å². The number of hydrogen-bond donors (Lipinski definition) is 1. The number of likely N-dealkylation sites (tertiary alicyclic amines) is 1. The van der Waals surface area contributed by atoms with E-state index in [4.69, 9.17) is 4.42 Å². The van der Waals surface area contributed by atoms with Gasteiger partial charge in [0.2, 0.25) is 15.9 Å². The van der Waals surface area contributed by atoms with Gasteiger partial charge in [-0.15, -0.1) is 0 Å². The lowest BCUT2D eigenvalue weighted by Gasteiger charge is -2.31. The van der Waals surface area contributed by atoms with E-state index in [-0.39, 0.29) is 41.6 Å². The van der Waals surface area contributed by atoms with Crippen molar-refractivity contribution < 1.29 is 26.0 Å². The lowest BCUT2D eigenvalue weighted by Crippen LogP contribution is -2.46. The van der Waals surface area contributed by atoms with Gasteiger partial charge in [0.1, 0.15) is 11.5 Å². The number of hydrogen-bond acceptors (Lipinski definition) is 6. The van der Waals surface area contributed by atoms with Gasteiger partial charge in [0.25, 0.3) is 0 Å². The van der Waals surface area contributed by atoms with Gasteiger partial charge in [-0.2, -0.15) is 0 Å². The molecule has 2 heterocycles. The van der Waals surface area contributed by atoms with Gasteiger partial charge in [-0.25, -0.2) is 21.6 Å². The molecule has 0 atom stereocenters. The number of nitrogens with zero attached hydrogens (tertiary/aromatic N) is 1. The van der Waals surface area contributed by atoms with Crippen molar-refractivity contribution in [3.05, 3.63) is 54.0 Å². The number of sulfone groups is 1. The van der Waals surface area contributed by atoms with Gasteiger partial charge < -0.3 is 9.32 Å². The van der Waals surface area contributed by atoms with Crippen LogP contribution in [-0.2, 0) is 35.8 Å². The van der Waals surface area contributed by atoms with Crippen molar-refractivity contribution in [1.29, 1.82) is 0 Å². The van der Waals surface area contributed by atoms with E-state index in [1.54, 1.807) is 24.3 Å². The van der Waals surface area contributed by atoms with Crippen molar-refractivity contribution in [1.82, 2.24) is 9.62 Å². The van der Waals surface area contributed by atoms with Gasteiger partial charge in [-0.05, 0) is 48.1 Å². The van der Waals surface area contributed by atoms with Crippen LogP contribution in [0.1, 0.15) is 44.9 Å². The molecule has 0 unspecified atom stereocenters.